The molecule has 0 spiro atoms. The third kappa shape index (κ3) is 3.35. The standard InChI is InChI=1S/C14H16ClNO/c1-10(2)16-9-13-7-8-14(17-13)11-3-5-12(15)6-4-11/h3-8,10,16H,9H2,1-2H3. The van der Waals surface area contributed by atoms with Crippen LogP contribution in [0.15, 0.2) is 40.8 Å². The number of hydrogen-bond donors (Lipinski definition) is 1. The molecule has 1 aromatic carbocycles. The molecule has 0 aliphatic heterocycles. The van der Waals surface area contributed by atoms with Crippen molar-refractivity contribution in [1.82, 2.24) is 5.32 Å². The van der Waals surface area contributed by atoms with Crippen LogP contribution in [0.25, 0.3) is 11.3 Å². The van der Waals surface area contributed by atoms with Crippen LogP contribution in [-0.2, 0) is 6.54 Å². The first-order chi connectivity index (χ1) is 8.15. The van der Waals surface area contributed by atoms with Gasteiger partial charge in [-0.05, 0) is 36.4 Å². The van der Waals surface area contributed by atoms with Crippen molar-refractivity contribution in [1.29, 1.82) is 0 Å². The quantitative estimate of drug-likeness (QED) is 0.883. The smallest absolute Gasteiger partial charge is 0.134 e. The summed E-state index contributed by atoms with van der Waals surface area (Å²) in [5, 5.41) is 4.06. The third-order valence-corrected chi connectivity index (χ3v) is 2.73. The minimum atomic E-state index is 0.457. The maximum Gasteiger partial charge on any atom is 0.134 e. The number of hydrogen-bond acceptors (Lipinski definition) is 2. The van der Waals surface area contributed by atoms with Crippen LogP contribution in [-0.4, -0.2) is 6.04 Å². The molecule has 2 rings (SSSR count). The molecule has 0 unspecified atom stereocenters. The molecule has 0 bridgehead atoms. The average molecular weight is 250 g/mol. The van der Waals surface area contributed by atoms with Crippen molar-refractivity contribution >= 4 is 11.6 Å². The predicted octanol–water partition coefficient (Wildman–Crippen LogP) is 4.10. The fourth-order valence-corrected chi connectivity index (χ4v) is 1.67. The molecule has 1 aromatic heterocycles. The lowest BCUT2D eigenvalue weighted by Gasteiger charge is -2.05. The number of furan rings is 1. The van der Waals surface area contributed by atoms with E-state index < -0.39 is 0 Å². The zero-order valence-electron chi connectivity index (χ0n) is 10.0. The number of halogens is 1. The fourth-order valence-electron chi connectivity index (χ4n) is 1.55. The number of benzene rings is 1. The molecule has 0 saturated heterocycles. The molecule has 2 nitrogen and oxygen atoms in total. The topological polar surface area (TPSA) is 25.2 Å². The monoisotopic (exact) mass is 249 g/mol. The van der Waals surface area contributed by atoms with E-state index in [-0.39, 0.29) is 0 Å². The van der Waals surface area contributed by atoms with Gasteiger partial charge < -0.3 is 9.73 Å². The molecule has 0 aliphatic carbocycles. The van der Waals surface area contributed by atoms with E-state index in [1.54, 1.807) is 0 Å². The van der Waals surface area contributed by atoms with Gasteiger partial charge in [0.1, 0.15) is 11.5 Å². The molecule has 0 radical (unpaired) electrons. The van der Waals surface area contributed by atoms with Gasteiger partial charge in [-0.3, -0.25) is 0 Å². The zero-order chi connectivity index (χ0) is 12.3. The van der Waals surface area contributed by atoms with E-state index in [0.29, 0.717) is 6.04 Å². The summed E-state index contributed by atoms with van der Waals surface area (Å²) >= 11 is 5.85. The van der Waals surface area contributed by atoms with Crippen molar-refractivity contribution in [3.63, 3.8) is 0 Å². The van der Waals surface area contributed by atoms with Gasteiger partial charge in [0.25, 0.3) is 0 Å². The van der Waals surface area contributed by atoms with E-state index in [2.05, 4.69) is 19.2 Å². The number of rotatable bonds is 4. The van der Waals surface area contributed by atoms with Gasteiger partial charge in [-0.2, -0.15) is 0 Å². The Labute approximate surface area is 107 Å². The Balaban J connectivity index is 2.10. The van der Waals surface area contributed by atoms with E-state index in [0.717, 1.165) is 28.7 Å². The molecule has 0 amide bonds. The van der Waals surface area contributed by atoms with E-state index in [9.17, 15) is 0 Å². The normalized spacial score (nSPS) is 11.1. The van der Waals surface area contributed by atoms with Crippen LogP contribution >= 0.6 is 11.6 Å². The number of nitrogens with one attached hydrogen (secondary N) is 1. The van der Waals surface area contributed by atoms with Gasteiger partial charge in [-0.25, -0.2) is 0 Å². The van der Waals surface area contributed by atoms with E-state index in [4.69, 9.17) is 16.0 Å². The Morgan fingerprint density at radius 2 is 1.82 bits per heavy atom. The molecule has 0 fully saturated rings. The Bertz CT molecular complexity index is 473. The Kier molecular flexibility index (Phi) is 3.87. The van der Waals surface area contributed by atoms with Gasteiger partial charge in [0.2, 0.25) is 0 Å². The molecule has 2 aromatic rings. The maximum absolute atomic E-state index is 5.85. The molecule has 17 heavy (non-hydrogen) atoms. The van der Waals surface area contributed by atoms with Gasteiger partial charge >= 0.3 is 0 Å². The minimum absolute atomic E-state index is 0.457. The summed E-state index contributed by atoms with van der Waals surface area (Å²) in [6.07, 6.45) is 0. The van der Waals surface area contributed by atoms with Crippen molar-refractivity contribution in [2.45, 2.75) is 26.4 Å². The third-order valence-electron chi connectivity index (χ3n) is 2.47. The van der Waals surface area contributed by atoms with Crippen LogP contribution in [0.3, 0.4) is 0 Å². The van der Waals surface area contributed by atoms with E-state index >= 15 is 0 Å². The van der Waals surface area contributed by atoms with Crippen LogP contribution in [0, 0.1) is 0 Å². The second kappa shape index (κ2) is 5.39. The zero-order valence-corrected chi connectivity index (χ0v) is 10.8. The first-order valence-corrected chi connectivity index (χ1v) is 6.11. The van der Waals surface area contributed by atoms with Crippen LogP contribution in [0.5, 0.6) is 0 Å². The first-order valence-electron chi connectivity index (χ1n) is 5.73. The molecule has 0 aliphatic rings. The summed E-state index contributed by atoms with van der Waals surface area (Å²) < 4.78 is 5.75. The summed E-state index contributed by atoms with van der Waals surface area (Å²) in [5.41, 5.74) is 1.05. The van der Waals surface area contributed by atoms with Crippen molar-refractivity contribution in [2.24, 2.45) is 0 Å². The molecular weight excluding hydrogens is 234 g/mol. The summed E-state index contributed by atoms with van der Waals surface area (Å²) in [5.74, 6) is 1.82. The maximum atomic E-state index is 5.85. The summed E-state index contributed by atoms with van der Waals surface area (Å²) in [4.78, 5) is 0. The van der Waals surface area contributed by atoms with Gasteiger partial charge in [-0.1, -0.05) is 25.4 Å². The lowest BCUT2D eigenvalue weighted by Crippen LogP contribution is -2.21. The van der Waals surface area contributed by atoms with Gasteiger partial charge in [-0.15, -0.1) is 0 Å². The second-order valence-corrected chi connectivity index (χ2v) is 4.74. The van der Waals surface area contributed by atoms with Crippen molar-refractivity contribution in [3.05, 3.63) is 47.2 Å². The molecule has 3 heteroatoms. The van der Waals surface area contributed by atoms with Gasteiger partial charge in [0.15, 0.2) is 0 Å². The fraction of sp³-hybridized carbons (Fsp3) is 0.286. The second-order valence-electron chi connectivity index (χ2n) is 4.31. The summed E-state index contributed by atoms with van der Waals surface area (Å²) in [7, 11) is 0. The minimum Gasteiger partial charge on any atom is -0.460 e. The first kappa shape index (κ1) is 12.2. The highest BCUT2D eigenvalue weighted by molar-refractivity contribution is 6.30. The summed E-state index contributed by atoms with van der Waals surface area (Å²) in [6, 6.07) is 12.1. The average Bonchev–Trinajstić information content (AvgIpc) is 2.76. The Morgan fingerprint density at radius 1 is 1.12 bits per heavy atom. The van der Waals surface area contributed by atoms with Crippen molar-refractivity contribution in [3.8, 4) is 11.3 Å². The van der Waals surface area contributed by atoms with Crippen LogP contribution < -0.4 is 5.32 Å². The van der Waals surface area contributed by atoms with Crippen molar-refractivity contribution < 1.29 is 4.42 Å². The van der Waals surface area contributed by atoms with Crippen LogP contribution in [0.1, 0.15) is 19.6 Å². The highest BCUT2D eigenvalue weighted by Gasteiger charge is 2.04. The molecule has 1 N–H and O–H groups in total. The molecule has 0 saturated carbocycles. The highest BCUT2D eigenvalue weighted by atomic mass is 35.5. The van der Waals surface area contributed by atoms with Crippen LogP contribution in [0.2, 0.25) is 5.02 Å². The molecule has 90 valence electrons. The van der Waals surface area contributed by atoms with Gasteiger partial charge in [0.05, 0.1) is 6.54 Å². The highest BCUT2D eigenvalue weighted by Crippen LogP contribution is 2.23. The molecule has 0 atom stereocenters. The summed E-state index contributed by atoms with van der Waals surface area (Å²) in [6.45, 7) is 4.98. The largest absolute Gasteiger partial charge is 0.460 e. The van der Waals surface area contributed by atoms with E-state index in [1.165, 1.54) is 0 Å². The van der Waals surface area contributed by atoms with Gasteiger partial charge in [0, 0.05) is 16.6 Å². The Morgan fingerprint density at radius 3 is 2.47 bits per heavy atom. The molecular formula is C14H16ClNO. The molecule has 1 heterocycles. The SMILES string of the molecule is CC(C)NCc1ccc(-c2ccc(Cl)cc2)o1. The van der Waals surface area contributed by atoms with Crippen LogP contribution in [0.4, 0.5) is 0 Å². The predicted molar refractivity (Wildman–Crippen MR) is 71.1 cm³/mol. The van der Waals surface area contributed by atoms with E-state index in [1.807, 2.05) is 36.4 Å². The lowest BCUT2D eigenvalue weighted by atomic mass is 10.2. The Hall–Kier alpha value is -1.25. The van der Waals surface area contributed by atoms with Crippen molar-refractivity contribution in [2.75, 3.05) is 0 Å². The lowest BCUT2D eigenvalue weighted by molar-refractivity contribution is 0.473.